The van der Waals surface area contributed by atoms with Crippen LogP contribution in [0.15, 0.2) is 24.3 Å². The zero-order valence-electron chi connectivity index (χ0n) is 9.52. The van der Waals surface area contributed by atoms with E-state index in [0.29, 0.717) is 5.56 Å². The summed E-state index contributed by atoms with van der Waals surface area (Å²) in [5, 5.41) is 10.3. The molecule has 1 aromatic rings. The number of halogens is 2. The Kier molecular flexibility index (Phi) is 5.02. The lowest BCUT2D eigenvalue weighted by Gasteiger charge is -2.27. The summed E-state index contributed by atoms with van der Waals surface area (Å²) in [6.45, 7) is 3.41. The minimum absolute atomic E-state index is 0.0237. The standard InChI is InChI=1S/C11H14BrIO3S/c1-3-17(15,16)11(12,13)10(14)9-7-5-4-6-8(9)2/h4-7,10,14H,3H2,1-2H3/t10-,11-/m1/s1. The number of alkyl halides is 2. The molecule has 0 amide bonds. The van der Waals surface area contributed by atoms with Crippen LogP contribution in [-0.2, 0) is 9.84 Å². The summed E-state index contributed by atoms with van der Waals surface area (Å²) >= 11 is 4.89. The first kappa shape index (κ1) is 15.4. The van der Waals surface area contributed by atoms with E-state index in [1.165, 1.54) is 0 Å². The number of aliphatic hydroxyl groups is 1. The molecule has 2 atom stereocenters. The van der Waals surface area contributed by atoms with Crippen LogP contribution < -0.4 is 0 Å². The van der Waals surface area contributed by atoms with Crippen LogP contribution in [0, 0.1) is 6.92 Å². The number of hydrogen-bond donors (Lipinski definition) is 1. The number of benzene rings is 1. The van der Waals surface area contributed by atoms with E-state index < -0.39 is 17.6 Å². The van der Waals surface area contributed by atoms with Crippen LogP contribution in [0.1, 0.15) is 24.2 Å². The van der Waals surface area contributed by atoms with Crippen molar-refractivity contribution in [1.82, 2.24) is 0 Å². The topological polar surface area (TPSA) is 54.4 Å². The Morgan fingerprint density at radius 2 is 2.00 bits per heavy atom. The molecule has 1 rings (SSSR count). The van der Waals surface area contributed by atoms with Crippen molar-refractivity contribution in [2.45, 2.75) is 21.6 Å². The molecule has 17 heavy (non-hydrogen) atoms. The van der Waals surface area contributed by atoms with Gasteiger partial charge in [-0.05, 0) is 40.6 Å². The van der Waals surface area contributed by atoms with E-state index in [1.807, 2.05) is 19.1 Å². The van der Waals surface area contributed by atoms with Gasteiger partial charge in [-0.15, -0.1) is 0 Å². The van der Waals surface area contributed by atoms with Gasteiger partial charge in [0.05, 0.1) is 0 Å². The van der Waals surface area contributed by atoms with Crippen molar-refractivity contribution >= 4 is 48.4 Å². The summed E-state index contributed by atoms with van der Waals surface area (Å²) in [5.41, 5.74) is 1.49. The molecule has 0 heterocycles. The molecule has 0 unspecified atom stereocenters. The lowest BCUT2D eigenvalue weighted by molar-refractivity contribution is 0.190. The summed E-state index contributed by atoms with van der Waals surface area (Å²) in [4.78, 5) is 0. The molecule has 0 saturated heterocycles. The van der Waals surface area contributed by atoms with E-state index >= 15 is 0 Å². The highest BCUT2D eigenvalue weighted by molar-refractivity contribution is 14.1. The van der Waals surface area contributed by atoms with Crippen molar-refractivity contribution in [3.63, 3.8) is 0 Å². The Balaban J connectivity index is 3.23. The predicted molar refractivity (Wildman–Crippen MR) is 81.3 cm³/mol. The van der Waals surface area contributed by atoms with E-state index in [9.17, 15) is 13.5 Å². The molecule has 0 spiro atoms. The molecule has 0 fully saturated rings. The normalized spacial score (nSPS) is 17.5. The van der Waals surface area contributed by atoms with E-state index in [0.717, 1.165) is 5.56 Å². The molecule has 6 heteroatoms. The second-order valence-electron chi connectivity index (χ2n) is 3.72. The summed E-state index contributed by atoms with van der Waals surface area (Å²) in [6, 6.07) is 7.21. The number of aliphatic hydroxyl groups excluding tert-OH is 1. The first-order valence-corrected chi connectivity index (χ1v) is 8.60. The number of aryl methyl sites for hydroxylation is 1. The van der Waals surface area contributed by atoms with Gasteiger partial charge in [0.1, 0.15) is 6.10 Å². The van der Waals surface area contributed by atoms with Gasteiger partial charge in [-0.1, -0.05) is 47.1 Å². The van der Waals surface area contributed by atoms with Crippen molar-refractivity contribution in [2.24, 2.45) is 0 Å². The first-order chi connectivity index (χ1) is 7.74. The van der Waals surface area contributed by atoms with E-state index in [4.69, 9.17) is 0 Å². The monoisotopic (exact) mass is 432 g/mol. The maximum absolute atomic E-state index is 11.9. The molecule has 1 aromatic carbocycles. The third-order valence-electron chi connectivity index (χ3n) is 2.60. The maximum Gasteiger partial charge on any atom is 0.207 e. The Bertz CT molecular complexity index is 499. The second kappa shape index (κ2) is 5.54. The Hall–Kier alpha value is 0.340. The van der Waals surface area contributed by atoms with Gasteiger partial charge < -0.3 is 5.11 Å². The molecular formula is C11H14BrIO3S. The number of sulfone groups is 1. The molecule has 0 aliphatic rings. The molecule has 0 aliphatic heterocycles. The largest absolute Gasteiger partial charge is 0.385 e. The summed E-state index contributed by atoms with van der Waals surface area (Å²) in [7, 11) is -3.41. The SMILES string of the molecule is CCS(=O)(=O)[C@](Br)(I)[C@H](O)c1ccccc1C. The second-order valence-corrected chi connectivity index (χ2v) is 11.9. The lowest BCUT2D eigenvalue weighted by atomic mass is 10.1. The van der Waals surface area contributed by atoms with E-state index in [1.54, 1.807) is 41.6 Å². The van der Waals surface area contributed by atoms with Gasteiger partial charge >= 0.3 is 0 Å². The Morgan fingerprint density at radius 3 is 2.47 bits per heavy atom. The summed E-state index contributed by atoms with van der Waals surface area (Å²) in [5.74, 6) is -0.0237. The minimum Gasteiger partial charge on any atom is -0.385 e. The fourth-order valence-corrected chi connectivity index (χ4v) is 4.49. The van der Waals surface area contributed by atoms with Crippen LogP contribution in [0.2, 0.25) is 0 Å². The molecule has 1 N–H and O–H groups in total. The summed E-state index contributed by atoms with van der Waals surface area (Å²) < 4.78 is 22.5. The van der Waals surface area contributed by atoms with Crippen molar-refractivity contribution in [2.75, 3.05) is 5.75 Å². The first-order valence-electron chi connectivity index (χ1n) is 5.07. The lowest BCUT2D eigenvalue weighted by Crippen LogP contribution is -2.34. The highest BCUT2D eigenvalue weighted by atomic mass is 127. The van der Waals surface area contributed by atoms with Crippen molar-refractivity contribution in [1.29, 1.82) is 0 Å². The van der Waals surface area contributed by atoms with Gasteiger partial charge in [-0.3, -0.25) is 0 Å². The van der Waals surface area contributed by atoms with E-state index in [2.05, 4.69) is 15.9 Å². The maximum atomic E-state index is 11.9. The fraction of sp³-hybridized carbons (Fsp3) is 0.455. The Morgan fingerprint density at radius 1 is 1.47 bits per heavy atom. The van der Waals surface area contributed by atoms with Gasteiger partial charge in [0.2, 0.25) is 1.66 Å². The predicted octanol–water partition coefficient (Wildman–Crippen LogP) is 2.95. The van der Waals surface area contributed by atoms with Crippen molar-refractivity contribution < 1.29 is 13.5 Å². The zero-order valence-corrected chi connectivity index (χ0v) is 14.1. The van der Waals surface area contributed by atoms with Crippen LogP contribution in [0.4, 0.5) is 0 Å². The third-order valence-corrected chi connectivity index (χ3v) is 8.93. The zero-order chi connectivity index (χ0) is 13.3. The van der Waals surface area contributed by atoms with Crippen LogP contribution in [0.3, 0.4) is 0 Å². The average Bonchev–Trinajstić information content (AvgIpc) is 2.28. The van der Waals surface area contributed by atoms with Gasteiger partial charge in [0.15, 0.2) is 9.84 Å². The van der Waals surface area contributed by atoms with Crippen LogP contribution in [0.25, 0.3) is 0 Å². The molecule has 0 aromatic heterocycles. The third kappa shape index (κ3) is 3.02. The van der Waals surface area contributed by atoms with Gasteiger partial charge in [-0.2, -0.15) is 0 Å². The van der Waals surface area contributed by atoms with E-state index in [-0.39, 0.29) is 5.75 Å². The molecule has 0 saturated carbocycles. The van der Waals surface area contributed by atoms with Crippen molar-refractivity contribution in [3.8, 4) is 0 Å². The number of rotatable bonds is 4. The molecule has 3 nitrogen and oxygen atoms in total. The molecule has 96 valence electrons. The summed E-state index contributed by atoms with van der Waals surface area (Å²) in [6.07, 6.45) is -1.10. The van der Waals surface area contributed by atoms with Crippen LogP contribution >= 0.6 is 38.5 Å². The minimum atomic E-state index is -3.41. The fourth-order valence-electron chi connectivity index (χ4n) is 1.44. The van der Waals surface area contributed by atoms with Gasteiger partial charge in [0.25, 0.3) is 0 Å². The Labute approximate surface area is 124 Å². The van der Waals surface area contributed by atoms with Crippen LogP contribution in [0.5, 0.6) is 0 Å². The van der Waals surface area contributed by atoms with Gasteiger partial charge in [0, 0.05) is 5.75 Å². The molecule has 0 bridgehead atoms. The molecule has 0 radical (unpaired) electrons. The molecular weight excluding hydrogens is 419 g/mol. The highest BCUT2D eigenvalue weighted by Gasteiger charge is 2.45. The van der Waals surface area contributed by atoms with Crippen LogP contribution in [-0.4, -0.2) is 20.9 Å². The van der Waals surface area contributed by atoms with Crippen molar-refractivity contribution in [3.05, 3.63) is 35.4 Å². The highest BCUT2D eigenvalue weighted by Crippen LogP contribution is 2.45. The quantitative estimate of drug-likeness (QED) is 0.587. The smallest absolute Gasteiger partial charge is 0.207 e. The number of hydrogen-bond acceptors (Lipinski definition) is 3. The molecule has 0 aliphatic carbocycles. The average molecular weight is 433 g/mol. The van der Waals surface area contributed by atoms with Gasteiger partial charge in [-0.25, -0.2) is 8.42 Å².